The maximum Gasteiger partial charge on any atom is 0.322 e. The van der Waals surface area contributed by atoms with Gasteiger partial charge in [-0.3, -0.25) is 19.3 Å². The van der Waals surface area contributed by atoms with Gasteiger partial charge in [-0.15, -0.1) is 0 Å². The monoisotopic (exact) mass is 263 g/mol. The highest BCUT2D eigenvalue weighted by molar-refractivity contribution is 6.21. The van der Waals surface area contributed by atoms with Gasteiger partial charge in [-0.05, 0) is 18.2 Å². The first-order chi connectivity index (χ1) is 8.91. The molecule has 0 spiro atoms. The Morgan fingerprint density at radius 2 is 2.00 bits per heavy atom. The third kappa shape index (κ3) is 2.27. The summed E-state index contributed by atoms with van der Waals surface area (Å²) in [6.07, 6.45) is 0. The lowest BCUT2D eigenvalue weighted by Gasteiger charge is -2.10. The van der Waals surface area contributed by atoms with Crippen LogP contribution in [0.5, 0.6) is 0 Å². The predicted octanol–water partition coefficient (Wildman–Crippen LogP) is -0.264. The maximum atomic E-state index is 11.8. The highest BCUT2D eigenvalue weighted by atomic mass is 16.4. The second kappa shape index (κ2) is 4.69. The molecule has 0 saturated heterocycles. The number of carboxylic acid groups (broad SMARTS) is 1. The zero-order valence-electron chi connectivity index (χ0n) is 10.2. The molecule has 1 unspecified atom stereocenters. The van der Waals surface area contributed by atoms with E-state index in [0.29, 0.717) is 16.8 Å². The van der Waals surface area contributed by atoms with Crippen LogP contribution in [0, 0.1) is 0 Å². The second-order valence-corrected chi connectivity index (χ2v) is 4.26. The summed E-state index contributed by atoms with van der Waals surface area (Å²) in [6.45, 7) is 0.0338. The zero-order valence-corrected chi connectivity index (χ0v) is 10.2. The number of anilines is 1. The Kier molecular flexibility index (Phi) is 3.22. The van der Waals surface area contributed by atoms with Crippen molar-refractivity contribution in [3.8, 4) is 0 Å². The maximum absolute atomic E-state index is 11.8. The molecule has 0 radical (unpaired) electrons. The van der Waals surface area contributed by atoms with Crippen LogP contribution in [-0.2, 0) is 4.79 Å². The quantitative estimate of drug-likeness (QED) is 0.645. The van der Waals surface area contributed by atoms with Crippen LogP contribution in [0.25, 0.3) is 0 Å². The fraction of sp³-hybridized carbons (Fsp3) is 0.250. The number of amides is 2. The van der Waals surface area contributed by atoms with E-state index in [0.717, 1.165) is 4.90 Å². The molecule has 0 bridgehead atoms. The number of imide groups is 1. The third-order valence-electron chi connectivity index (χ3n) is 2.93. The molecule has 100 valence electrons. The molecule has 1 heterocycles. The van der Waals surface area contributed by atoms with Gasteiger partial charge in [0.2, 0.25) is 0 Å². The standard InChI is InChI=1S/C12H13N3O4/c1-15-10(16)7-3-2-6(4-8(7)11(15)17)14-5-9(13)12(18)19/h2-4,9,14H,5,13H2,1H3,(H,18,19). The van der Waals surface area contributed by atoms with Gasteiger partial charge in [-0.25, -0.2) is 0 Å². The molecule has 1 atom stereocenters. The number of nitrogens with zero attached hydrogens (tertiary/aromatic N) is 1. The van der Waals surface area contributed by atoms with Crippen molar-refractivity contribution in [2.75, 3.05) is 18.9 Å². The molecule has 1 aliphatic rings. The highest BCUT2D eigenvalue weighted by Crippen LogP contribution is 2.24. The van der Waals surface area contributed by atoms with Crippen molar-refractivity contribution in [1.82, 2.24) is 4.90 Å². The zero-order chi connectivity index (χ0) is 14.2. The molecule has 2 amide bonds. The Hall–Kier alpha value is -2.41. The number of benzene rings is 1. The molecular formula is C12H13N3O4. The summed E-state index contributed by atoms with van der Waals surface area (Å²) in [5.41, 5.74) is 6.56. The fourth-order valence-corrected chi connectivity index (χ4v) is 1.79. The van der Waals surface area contributed by atoms with Gasteiger partial charge < -0.3 is 16.2 Å². The summed E-state index contributed by atoms with van der Waals surface area (Å²) in [6, 6.07) is 3.63. The normalized spacial score (nSPS) is 15.4. The molecular weight excluding hydrogens is 250 g/mol. The summed E-state index contributed by atoms with van der Waals surface area (Å²) in [4.78, 5) is 35.0. The average Bonchev–Trinajstić information content (AvgIpc) is 2.61. The number of carbonyl (C=O) groups excluding carboxylic acids is 2. The van der Waals surface area contributed by atoms with E-state index in [2.05, 4.69) is 5.32 Å². The van der Waals surface area contributed by atoms with Crippen LogP contribution in [0.15, 0.2) is 18.2 Å². The van der Waals surface area contributed by atoms with Crippen molar-refractivity contribution in [2.45, 2.75) is 6.04 Å². The summed E-state index contributed by atoms with van der Waals surface area (Å²) in [7, 11) is 1.41. The van der Waals surface area contributed by atoms with E-state index in [1.54, 1.807) is 6.07 Å². The topological polar surface area (TPSA) is 113 Å². The lowest BCUT2D eigenvalue weighted by Crippen LogP contribution is -2.36. The van der Waals surface area contributed by atoms with Crippen LogP contribution in [0.2, 0.25) is 0 Å². The predicted molar refractivity (Wildman–Crippen MR) is 67.0 cm³/mol. The van der Waals surface area contributed by atoms with Gasteiger partial charge in [0.05, 0.1) is 11.1 Å². The number of rotatable bonds is 4. The molecule has 0 fully saturated rings. The van der Waals surface area contributed by atoms with Gasteiger partial charge in [-0.2, -0.15) is 0 Å². The largest absolute Gasteiger partial charge is 0.480 e. The first kappa shape index (κ1) is 13.0. The van der Waals surface area contributed by atoms with Crippen molar-refractivity contribution in [1.29, 1.82) is 0 Å². The molecule has 0 saturated carbocycles. The van der Waals surface area contributed by atoms with Gasteiger partial charge in [0, 0.05) is 19.3 Å². The van der Waals surface area contributed by atoms with Gasteiger partial charge in [0.25, 0.3) is 11.8 Å². The summed E-state index contributed by atoms with van der Waals surface area (Å²) in [5.74, 6) is -1.82. The molecule has 1 aromatic carbocycles. The van der Waals surface area contributed by atoms with Crippen LogP contribution in [0.1, 0.15) is 20.7 Å². The van der Waals surface area contributed by atoms with Gasteiger partial charge in [0.1, 0.15) is 6.04 Å². The van der Waals surface area contributed by atoms with Crippen molar-refractivity contribution in [3.63, 3.8) is 0 Å². The molecule has 7 heteroatoms. The number of carboxylic acids is 1. The van der Waals surface area contributed by atoms with Crippen LogP contribution < -0.4 is 11.1 Å². The lowest BCUT2D eigenvalue weighted by molar-refractivity contribution is -0.138. The Morgan fingerprint density at radius 1 is 1.37 bits per heavy atom. The van der Waals surface area contributed by atoms with Crippen LogP contribution in [-0.4, -0.2) is 47.4 Å². The fourth-order valence-electron chi connectivity index (χ4n) is 1.79. The SMILES string of the molecule is CN1C(=O)c2ccc(NCC(N)C(=O)O)cc2C1=O. The summed E-state index contributed by atoms with van der Waals surface area (Å²) < 4.78 is 0. The Labute approximate surface area is 109 Å². The van der Waals surface area contributed by atoms with Crippen molar-refractivity contribution >= 4 is 23.5 Å². The number of nitrogens with two attached hydrogens (primary N) is 1. The molecule has 0 aromatic heterocycles. The number of nitrogens with one attached hydrogen (secondary N) is 1. The smallest absolute Gasteiger partial charge is 0.322 e. The molecule has 19 heavy (non-hydrogen) atoms. The minimum atomic E-state index is -1.11. The number of carbonyl (C=O) groups is 3. The number of hydrogen-bond donors (Lipinski definition) is 3. The number of hydrogen-bond acceptors (Lipinski definition) is 5. The molecule has 1 aromatic rings. The molecule has 0 aliphatic carbocycles. The Balaban J connectivity index is 2.17. The van der Waals surface area contributed by atoms with Gasteiger partial charge >= 0.3 is 5.97 Å². The first-order valence-corrected chi connectivity index (χ1v) is 5.60. The molecule has 2 rings (SSSR count). The van der Waals surface area contributed by atoms with E-state index in [9.17, 15) is 14.4 Å². The van der Waals surface area contributed by atoms with Crippen molar-refractivity contribution < 1.29 is 19.5 Å². The van der Waals surface area contributed by atoms with Crippen molar-refractivity contribution in [2.24, 2.45) is 5.73 Å². The average molecular weight is 263 g/mol. The third-order valence-corrected chi connectivity index (χ3v) is 2.93. The second-order valence-electron chi connectivity index (χ2n) is 4.26. The molecule has 7 nitrogen and oxygen atoms in total. The van der Waals surface area contributed by atoms with Crippen molar-refractivity contribution in [3.05, 3.63) is 29.3 Å². The number of aliphatic carboxylic acids is 1. The molecule has 1 aliphatic heterocycles. The van der Waals surface area contributed by atoms with E-state index >= 15 is 0 Å². The van der Waals surface area contributed by atoms with Gasteiger partial charge in [-0.1, -0.05) is 0 Å². The van der Waals surface area contributed by atoms with Gasteiger partial charge in [0.15, 0.2) is 0 Å². The van der Waals surface area contributed by atoms with E-state index in [1.807, 2.05) is 0 Å². The Bertz CT molecular complexity index is 570. The van der Waals surface area contributed by atoms with E-state index in [-0.39, 0.29) is 18.4 Å². The number of fused-ring (bicyclic) bond motifs is 1. The molecule has 4 N–H and O–H groups in total. The van der Waals surface area contributed by atoms with Crippen LogP contribution in [0.3, 0.4) is 0 Å². The van der Waals surface area contributed by atoms with Crippen LogP contribution in [0.4, 0.5) is 5.69 Å². The van der Waals surface area contributed by atoms with E-state index in [4.69, 9.17) is 10.8 Å². The van der Waals surface area contributed by atoms with Crippen LogP contribution >= 0.6 is 0 Å². The minimum absolute atomic E-state index is 0.0338. The van der Waals surface area contributed by atoms with E-state index in [1.165, 1.54) is 19.2 Å². The highest BCUT2D eigenvalue weighted by Gasteiger charge is 2.32. The lowest BCUT2D eigenvalue weighted by atomic mass is 10.1. The summed E-state index contributed by atoms with van der Waals surface area (Å²) in [5, 5.41) is 11.5. The van der Waals surface area contributed by atoms with E-state index < -0.39 is 12.0 Å². The minimum Gasteiger partial charge on any atom is -0.480 e. The first-order valence-electron chi connectivity index (χ1n) is 5.60. The Morgan fingerprint density at radius 3 is 2.63 bits per heavy atom. The summed E-state index contributed by atoms with van der Waals surface area (Å²) >= 11 is 0.